The molecule has 0 heterocycles. The van der Waals surface area contributed by atoms with Crippen molar-refractivity contribution in [3.63, 3.8) is 0 Å². The van der Waals surface area contributed by atoms with E-state index < -0.39 is 17.5 Å². The molecular formula is C22H24ClF2N3O2. The van der Waals surface area contributed by atoms with Gasteiger partial charge in [0.15, 0.2) is 0 Å². The lowest BCUT2D eigenvalue weighted by Gasteiger charge is -2.25. The Labute approximate surface area is 179 Å². The molecule has 2 aromatic carbocycles. The van der Waals surface area contributed by atoms with Crippen LogP contribution in [0, 0.1) is 17.6 Å². The van der Waals surface area contributed by atoms with E-state index in [-0.39, 0.29) is 23.9 Å². The smallest absolute Gasteiger partial charge is 0.254 e. The van der Waals surface area contributed by atoms with Gasteiger partial charge in [0, 0.05) is 41.3 Å². The quantitative estimate of drug-likeness (QED) is 0.647. The third kappa shape index (κ3) is 5.55. The Bertz CT molecular complexity index is 914. The Morgan fingerprint density at radius 2 is 1.83 bits per heavy atom. The summed E-state index contributed by atoms with van der Waals surface area (Å²) in [6, 6.07) is 7.78. The number of anilines is 1. The molecule has 3 N–H and O–H groups in total. The van der Waals surface area contributed by atoms with Gasteiger partial charge in [0.2, 0.25) is 5.91 Å². The highest BCUT2D eigenvalue weighted by Crippen LogP contribution is 2.29. The first-order chi connectivity index (χ1) is 14.4. The van der Waals surface area contributed by atoms with Crippen LogP contribution in [0.3, 0.4) is 0 Å². The number of benzene rings is 2. The van der Waals surface area contributed by atoms with Crippen molar-refractivity contribution in [2.24, 2.45) is 11.7 Å². The summed E-state index contributed by atoms with van der Waals surface area (Å²) in [5.41, 5.74) is 6.70. The number of rotatable bonds is 8. The van der Waals surface area contributed by atoms with Gasteiger partial charge in [-0.2, -0.15) is 0 Å². The van der Waals surface area contributed by atoms with Crippen LogP contribution in [0.1, 0.15) is 41.6 Å². The van der Waals surface area contributed by atoms with Gasteiger partial charge in [-0.3, -0.25) is 9.59 Å². The molecule has 1 aliphatic rings. The van der Waals surface area contributed by atoms with Gasteiger partial charge in [0.25, 0.3) is 5.91 Å². The average Bonchev–Trinajstić information content (AvgIpc) is 2.64. The second-order valence-corrected chi connectivity index (χ2v) is 7.86. The van der Waals surface area contributed by atoms with Crippen LogP contribution in [0.4, 0.5) is 14.5 Å². The van der Waals surface area contributed by atoms with Gasteiger partial charge in [-0.05, 0) is 61.7 Å². The Balaban J connectivity index is 1.80. The SMILES string of the molecule is NCCCN(Cc1cc(NC(=O)C2CCC2)ccc1Cl)C(=O)c1cc(F)cc(F)c1. The summed E-state index contributed by atoms with van der Waals surface area (Å²) in [6.07, 6.45) is 3.35. The first kappa shape index (κ1) is 22.2. The summed E-state index contributed by atoms with van der Waals surface area (Å²) in [5, 5.41) is 3.31. The number of carbonyl (C=O) groups excluding carboxylic acids is 2. The van der Waals surface area contributed by atoms with Crippen LogP contribution < -0.4 is 11.1 Å². The van der Waals surface area contributed by atoms with Gasteiger partial charge in [-0.15, -0.1) is 0 Å². The largest absolute Gasteiger partial charge is 0.334 e. The van der Waals surface area contributed by atoms with Crippen LogP contribution in [0.15, 0.2) is 36.4 Å². The van der Waals surface area contributed by atoms with Crippen molar-refractivity contribution in [1.29, 1.82) is 0 Å². The lowest BCUT2D eigenvalue weighted by molar-refractivity contribution is -0.122. The number of carbonyl (C=O) groups is 2. The molecule has 2 amide bonds. The number of amides is 2. The van der Waals surface area contributed by atoms with Crippen molar-refractivity contribution in [3.8, 4) is 0 Å². The van der Waals surface area contributed by atoms with E-state index in [1.165, 1.54) is 4.90 Å². The Kier molecular flexibility index (Phi) is 7.39. The van der Waals surface area contributed by atoms with E-state index in [4.69, 9.17) is 17.3 Å². The highest BCUT2D eigenvalue weighted by atomic mass is 35.5. The minimum Gasteiger partial charge on any atom is -0.334 e. The van der Waals surface area contributed by atoms with E-state index in [9.17, 15) is 18.4 Å². The molecule has 30 heavy (non-hydrogen) atoms. The van der Waals surface area contributed by atoms with Crippen molar-refractivity contribution >= 4 is 29.1 Å². The third-order valence-electron chi connectivity index (χ3n) is 5.18. The van der Waals surface area contributed by atoms with Crippen LogP contribution in [0.5, 0.6) is 0 Å². The van der Waals surface area contributed by atoms with Gasteiger partial charge >= 0.3 is 0 Å². The van der Waals surface area contributed by atoms with E-state index >= 15 is 0 Å². The van der Waals surface area contributed by atoms with E-state index in [0.717, 1.165) is 31.4 Å². The first-order valence-corrected chi connectivity index (χ1v) is 10.3. The molecule has 0 atom stereocenters. The predicted molar refractivity (Wildman–Crippen MR) is 112 cm³/mol. The van der Waals surface area contributed by atoms with Gasteiger partial charge < -0.3 is 16.0 Å². The molecule has 0 spiro atoms. The maximum absolute atomic E-state index is 13.6. The van der Waals surface area contributed by atoms with Crippen molar-refractivity contribution in [2.75, 3.05) is 18.4 Å². The van der Waals surface area contributed by atoms with Crippen molar-refractivity contribution < 1.29 is 18.4 Å². The Morgan fingerprint density at radius 3 is 2.43 bits per heavy atom. The summed E-state index contributed by atoms with van der Waals surface area (Å²) in [7, 11) is 0. The number of nitrogens with two attached hydrogens (primary N) is 1. The molecule has 3 rings (SSSR count). The average molecular weight is 436 g/mol. The highest BCUT2D eigenvalue weighted by molar-refractivity contribution is 6.31. The molecule has 0 unspecified atom stereocenters. The van der Waals surface area contributed by atoms with Crippen LogP contribution in [-0.4, -0.2) is 29.8 Å². The summed E-state index contributed by atoms with van der Waals surface area (Å²) < 4.78 is 27.2. The first-order valence-electron chi connectivity index (χ1n) is 9.92. The molecule has 5 nitrogen and oxygen atoms in total. The number of nitrogens with zero attached hydrogens (tertiary/aromatic N) is 1. The second kappa shape index (κ2) is 10.00. The van der Waals surface area contributed by atoms with Crippen LogP contribution in [0.25, 0.3) is 0 Å². The fraction of sp³-hybridized carbons (Fsp3) is 0.364. The summed E-state index contributed by atoms with van der Waals surface area (Å²) >= 11 is 6.32. The normalized spacial score (nSPS) is 13.6. The molecule has 0 saturated heterocycles. The number of nitrogens with one attached hydrogen (secondary N) is 1. The molecule has 2 aromatic rings. The minimum absolute atomic E-state index is 0.0270. The maximum atomic E-state index is 13.6. The molecule has 160 valence electrons. The standard InChI is InChI=1S/C22H24ClF2N3O2/c23-20-6-5-19(27-21(29)14-3-1-4-14)11-16(20)13-28(8-2-7-26)22(30)15-9-17(24)12-18(25)10-15/h5-6,9-12,14H,1-4,7-8,13,26H2,(H,27,29). The van der Waals surface area contributed by atoms with E-state index in [2.05, 4.69) is 5.32 Å². The number of hydrogen-bond acceptors (Lipinski definition) is 3. The minimum atomic E-state index is -0.823. The van der Waals surface area contributed by atoms with Crippen molar-refractivity contribution in [2.45, 2.75) is 32.2 Å². The Morgan fingerprint density at radius 1 is 1.13 bits per heavy atom. The van der Waals surface area contributed by atoms with Crippen LogP contribution >= 0.6 is 11.6 Å². The number of hydrogen-bond donors (Lipinski definition) is 2. The molecule has 0 aliphatic heterocycles. The second-order valence-electron chi connectivity index (χ2n) is 7.45. The highest BCUT2D eigenvalue weighted by Gasteiger charge is 2.25. The maximum Gasteiger partial charge on any atom is 0.254 e. The molecule has 0 radical (unpaired) electrons. The lowest BCUT2D eigenvalue weighted by atomic mass is 9.85. The summed E-state index contributed by atoms with van der Waals surface area (Å²) in [4.78, 5) is 26.6. The lowest BCUT2D eigenvalue weighted by Crippen LogP contribution is -2.33. The van der Waals surface area contributed by atoms with E-state index in [0.29, 0.717) is 41.9 Å². The van der Waals surface area contributed by atoms with Crippen molar-refractivity contribution in [3.05, 3.63) is 64.2 Å². The van der Waals surface area contributed by atoms with Gasteiger partial charge in [0.1, 0.15) is 11.6 Å². The molecule has 8 heteroatoms. The van der Waals surface area contributed by atoms with E-state index in [1.54, 1.807) is 18.2 Å². The van der Waals surface area contributed by atoms with Crippen LogP contribution in [-0.2, 0) is 11.3 Å². The monoisotopic (exact) mass is 435 g/mol. The predicted octanol–water partition coefficient (Wildman–Crippen LogP) is 4.35. The Hall–Kier alpha value is -2.51. The van der Waals surface area contributed by atoms with Gasteiger partial charge in [-0.25, -0.2) is 8.78 Å². The fourth-order valence-electron chi connectivity index (χ4n) is 3.29. The molecule has 0 bridgehead atoms. The number of halogens is 3. The van der Waals surface area contributed by atoms with Crippen molar-refractivity contribution in [1.82, 2.24) is 4.90 Å². The van der Waals surface area contributed by atoms with Gasteiger partial charge in [-0.1, -0.05) is 18.0 Å². The molecule has 1 saturated carbocycles. The summed E-state index contributed by atoms with van der Waals surface area (Å²) in [6.45, 7) is 0.762. The molecule has 1 aliphatic carbocycles. The van der Waals surface area contributed by atoms with Gasteiger partial charge in [0.05, 0.1) is 0 Å². The molecular weight excluding hydrogens is 412 g/mol. The fourth-order valence-corrected chi connectivity index (χ4v) is 3.47. The molecule has 1 fully saturated rings. The van der Waals surface area contributed by atoms with E-state index in [1.807, 2.05) is 0 Å². The third-order valence-corrected chi connectivity index (χ3v) is 5.55. The topological polar surface area (TPSA) is 75.4 Å². The zero-order valence-electron chi connectivity index (χ0n) is 16.5. The zero-order valence-corrected chi connectivity index (χ0v) is 17.2. The summed E-state index contributed by atoms with van der Waals surface area (Å²) in [5.74, 6) is -2.16. The van der Waals surface area contributed by atoms with Crippen LogP contribution in [0.2, 0.25) is 5.02 Å². The zero-order chi connectivity index (χ0) is 21.7. The molecule has 0 aromatic heterocycles.